The van der Waals surface area contributed by atoms with Gasteiger partial charge in [-0.2, -0.15) is 0 Å². The molecule has 0 saturated carbocycles. The van der Waals surface area contributed by atoms with Gasteiger partial charge in [-0.1, -0.05) is 30.3 Å². The van der Waals surface area contributed by atoms with Crippen LogP contribution in [0.1, 0.15) is 16.7 Å². The Kier molecular flexibility index (Phi) is 4.62. The molecule has 118 valence electrons. The Balaban J connectivity index is 1.76. The fourth-order valence-corrected chi connectivity index (χ4v) is 2.60. The number of hydrogen-bond donors (Lipinski definition) is 1. The Hall–Kier alpha value is -2.75. The molecule has 0 saturated heterocycles. The zero-order chi connectivity index (χ0) is 16.1. The molecule has 0 amide bonds. The number of aromatic nitrogens is 2. The van der Waals surface area contributed by atoms with Gasteiger partial charge in [0.05, 0.1) is 20.0 Å². The maximum atomic E-state index is 5.48. The molecule has 0 bridgehead atoms. The van der Waals surface area contributed by atoms with Crippen LogP contribution in [0.15, 0.2) is 61.2 Å². The minimum atomic E-state index is 0.727. The Bertz CT molecular complexity index is 766. The lowest BCUT2D eigenvalue weighted by molar-refractivity contribution is 0.410. The molecule has 1 heterocycles. The van der Waals surface area contributed by atoms with E-state index in [0.717, 1.165) is 30.1 Å². The molecule has 3 rings (SSSR count). The molecule has 1 aromatic heterocycles. The van der Waals surface area contributed by atoms with E-state index in [1.807, 2.05) is 18.6 Å². The Morgan fingerprint density at radius 2 is 2.00 bits per heavy atom. The van der Waals surface area contributed by atoms with Crippen molar-refractivity contribution >= 4 is 5.69 Å². The van der Waals surface area contributed by atoms with Crippen molar-refractivity contribution in [1.82, 2.24) is 9.55 Å². The second kappa shape index (κ2) is 7.01. The average Bonchev–Trinajstić information content (AvgIpc) is 3.08. The van der Waals surface area contributed by atoms with E-state index in [4.69, 9.17) is 4.74 Å². The van der Waals surface area contributed by atoms with E-state index in [0.29, 0.717) is 0 Å². The maximum Gasteiger partial charge on any atom is 0.124 e. The van der Waals surface area contributed by atoms with E-state index in [1.54, 1.807) is 13.3 Å². The summed E-state index contributed by atoms with van der Waals surface area (Å²) in [6, 6.07) is 14.6. The Morgan fingerprint density at radius 3 is 2.78 bits per heavy atom. The van der Waals surface area contributed by atoms with Crippen LogP contribution in [0, 0.1) is 6.92 Å². The Labute approximate surface area is 136 Å². The van der Waals surface area contributed by atoms with Crippen LogP contribution in [0.25, 0.3) is 0 Å². The lowest BCUT2D eigenvalue weighted by Gasteiger charge is -2.14. The molecule has 0 fully saturated rings. The van der Waals surface area contributed by atoms with Crippen molar-refractivity contribution in [2.45, 2.75) is 20.0 Å². The lowest BCUT2D eigenvalue weighted by Crippen LogP contribution is -2.06. The van der Waals surface area contributed by atoms with Crippen LogP contribution in [-0.4, -0.2) is 16.7 Å². The molecule has 1 N–H and O–H groups in total. The molecule has 2 aromatic carbocycles. The standard InChI is InChI=1S/C19H21N3O/c1-15-7-8-16(19(11-15)23-2)12-21-18-6-4-3-5-17(18)13-22-10-9-20-14-22/h3-11,14,21H,12-13H2,1-2H3. The third-order valence-electron chi connectivity index (χ3n) is 3.84. The number of para-hydroxylation sites is 1. The predicted octanol–water partition coefficient (Wildman–Crippen LogP) is 3.86. The van der Waals surface area contributed by atoms with Gasteiger partial charge in [0.1, 0.15) is 5.75 Å². The molecule has 0 radical (unpaired) electrons. The number of ether oxygens (including phenoxy) is 1. The molecule has 23 heavy (non-hydrogen) atoms. The molecule has 3 aromatic rings. The summed E-state index contributed by atoms with van der Waals surface area (Å²) >= 11 is 0. The smallest absolute Gasteiger partial charge is 0.124 e. The number of imidazole rings is 1. The van der Waals surface area contributed by atoms with Gasteiger partial charge in [-0.05, 0) is 30.2 Å². The Morgan fingerprint density at radius 1 is 1.13 bits per heavy atom. The van der Waals surface area contributed by atoms with E-state index in [-0.39, 0.29) is 0 Å². The monoisotopic (exact) mass is 307 g/mol. The summed E-state index contributed by atoms with van der Waals surface area (Å²) in [7, 11) is 1.71. The minimum Gasteiger partial charge on any atom is -0.496 e. The van der Waals surface area contributed by atoms with Gasteiger partial charge in [0.15, 0.2) is 0 Å². The molecule has 0 atom stereocenters. The number of benzene rings is 2. The number of rotatable bonds is 6. The van der Waals surface area contributed by atoms with Crippen LogP contribution >= 0.6 is 0 Å². The number of aryl methyl sites for hydroxylation is 1. The van der Waals surface area contributed by atoms with E-state index in [2.05, 4.69) is 58.2 Å². The van der Waals surface area contributed by atoms with Crippen LogP contribution < -0.4 is 10.1 Å². The van der Waals surface area contributed by atoms with Crippen molar-refractivity contribution in [2.75, 3.05) is 12.4 Å². The van der Waals surface area contributed by atoms with Crippen molar-refractivity contribution in [2.24, 2.45) is 0 Å². The first-order valence-corrected chi connectivity index (χ1v) is 7.67. The molecular formula is C19H21N3O. The van der Waals surface area contributed by atoms with Gasteiger partial charge < -0.3 is 14.6 Å². The second-order valence-electron chi connectivity index (χ2n) is 5.56. The van der Waals surface area contributed by atoms with Gasteiger partial charge in [-0.3, -0.25) is 0 Å². The van der Waals surface area contributed by atoms with Crippen molar-refractivity contribution in [3.8, 4) is 5.75 Å². The summed E-state index contributed by atoms with van der Waals surface area (Å²) in [6.07, 6.45) is 5.60. The van der Waals surface area contributed by atoms with E-state index < -0.39 is 0 Å². The first-order chi connectivity index (χ1) is 11.3. The molecule has 0 spiro atoms. The highest BCUT2D eigenvalue weighted by Gasteiger charge is 2.06. The summed E-state index contributed by atoms with van der Waals surface area (Å²) in [5.41, 5.74) is 4.71. The number of hydrogen-bond acceptors (Lipinski definition) is 3. The number of methoxy groups -OCH3 is 1. The second-order valence-corrected chi connectivity index (χ2v) is 5.56. The van der Waals surface area contributed by atoms with Crippen LogP contribution in [0.4, 0.5) is 5.69 Å². The van der Waals surface area contributed by atoms with Crippen LogP contribution in [-0.2, 0) is 13.1 Å². The molecule has 0 aliphatic carbocycles. The molecular weight excluding hydrogens is 286 g/mol. The molecule has 4 nitrogen and oxygen atoms in total. The van der Waals surface area contributed by atoms with Gasteiger partial charge in [0, 0.05) is 30.2 Å². The third kappa shape index (κ3) is 3.72. The quantitative estimate of drug-likeness (QED) is 0.751. The van der Waals surface area contributed by atoms with Crippen molar-refractivity contribution in [1.29, 1.82) is 0 Å². The summed E-state index contributed by atoms with van der Waals surface area (Å²) in [4.78, 5) is 4.10. The minimum absolute atomic E-state index is 0.727. The molecule has 0 aliphatic heterocycles. The summed E-state index contributed by atoms with van der Waals surface area (Å²) < 4.78 is 7.54. The van der Waals surface area contributed by atoms with Gasteiger partial charge >= 0.3 is 0 Å². The zero-order valence-corrected chi connectivity index (χ0v) is 13.5. The van der Waals surface area contributed by atoms with Crippen LogP contribution in [0.3, 0.4) is 0 Å². The zero-order valence-electron chi connectivity index (χ0n) is 13.5. The summed E-state index contributed by atoms with van der Waals surface area (Å²) in [6.45, 7) is 3.60. The molecule has 4 heteroatoms. The van der Waals surface area contributed by atoms with E-state index in [1.165, 1.54) is 11.1 Å². The topological polar surface area (TPSA) is 39.1 Å². The van der Waals surface area contributed by atoms with Crippen molar-refractivity contribution in [3.63, 3.8) is 0 Å². The van der Waals surface area contributed by atoms with Gasteiger partial charge in [-0.15, -0.1) is 0 Å². The number of anilines is 1. The van der Waals surface area contributed by atoms with Gasteiger partial charge in [-0.25, -0.2) is 4.98 Å². The van der Waals surface area contributed by atoms with Crippen molar-refractivity contribution < 1.29 is 4.74 Å². The van der Waals surface area contributed by atoms with Crippen LogP contribution in [0.2, 0.25) is 0 Å². The highest BCUT2D eigenvalue weighted by molar-refractivity contribution is 5.52. The normalized spacial score (nSPS) is 10.5. The lowest BCUT2D eigenvalue weighted by atomic mass is 10.1. The van der Waals surface area contributed by atoms with Gasteiger partial charge in [0.25, 0.3) is 0 Å². The van der Waals surface area contributed by atoms with E-state index >= 15 is 0 Å². The average molecular weight is 307 g/mol. The maximum absolute atomic E-state index is 5.48. The third-order valence-corrected chi connectivity index (χ3v) is 3.84. The first-order valence-electron chi connectivity index (χ1n) is 7.67. The fraction of sp³-hybridized carbons (Fsp3) is 0.211. The molecule has 0 aliphatic rings. The van der Waals surface area contributed by atoms with E-state index in [9.17, 15) is 0 Å². The SMILES string of the molecule is COc1cc(C)ccc1CNc1ccccc1Cn1ccnc1. The van der Waals surface area contributed by atoms with Crippen molar-refractivity contribution in [3.05, 3.63) is 77.9 Å². The van der Waals surface area contributed by atoms with Gasteiger partial charge in [0.2, 0.25) is 0 Å². The first kappa shape index (κ1) is 15.2. The summed E-state index contributed by atoms with van der Waals surface area (Å²) in [5.74, 6) is 0.921. The number of nitrogens with one attached hydrogen (secondary N) is 1. The van der Waals surface area contributed by atoms with Crippen LogP contribution in [0.5, 0.6) is 5.75 Å². The largest absolute Gasteiger partial charge is 0.496 e. The highest BCUT2D eigenvalue weighted by Crippen LogP contribution is 2.23. The molecule has 0 unspecified atom stereocenters. The number of nitrogens with zero attached hydrogens (tertiary/aromatic N) is 2. The fourth-order valence-electron chi connectivity index (χ4n) is 2.60. The predicted molar refractivity (Wildman–Crippen MR) is 92.8 cm³/mol. The highest BCUT2D eigenvalue weighted by atomic mass is 16.5. The summed E-state index contributed by atoms with van der Waals surface area (Å²) in [5, 5.41) is 3.52.